The number of benzene rings is 2. The Hall–Kier alpha value is -4.01. The van der Waals surface area contributed by atoms with Crippen molar-refractivity contribution in [2.45, 2.75) is 6.54 Å². The maximum absolute atomic E-state index is 12.5. The van der Waals surface area contributed by atoms with Gasteiger partial charge in [0, 0.05) is 44.0 Å². The summed E-state index contributed by atoms with van der Waals surface area (Å²) in [7, 11) is 3.23. The van der Waals surface area contributed by atoms with Crippen molar-refractivity contribution in [3.8, 4) is 11.5 Å². The predicted molar refractivity (Wildman–Crippen MR) is 128 cm³/mol. The molecule has 0 spiro atoms. The Bertz CT molecular complexity index is 1170. The van der Waals surface area contributed by atoms with Gasteiger partial charge >= 0.3 is 0 Å². The summed E-state index contributed by atoms with van der Waals surface area (Å²) in [6.45, 7) is 2.87. The largest absolute Gasteiger partial charge is 0.497 e. The molecule has 0 unspecified atom stereocenters. The summed E-state index contributed by atoms with van der Waals surface area (Å²) in [6, 6.07) is 18.2. The minimum Gasteiger partial charge on any atom is -0.497 e. The standard InChI is InChI=1S/C24H27N5O4/c1-32-19-7-5-6-18(16-19)25-23(30)17-29-24(31)11-10-22(26-29)28-14-12-27(13-15-28)20-8-3-4-9-21(20)33-2/h3-11,16H,12-15,17H2,1-2H3,(H,25,30). The zero-order valence-corrected chi connectivity index (χ0v) is 18.7. The fourth-order valence-corrected chi connectivity index (χ4v) is 3.82. The molecule has 2 heterocycles. The van der Waals surface area contributed by atoms with Crippen molar-refractivity contribution in [1.29, 1.82) is 0 Å². The number of methoxy groups -OCH3 is 2. The summed E-state index contributed by atoms with van der Waals surface area (Å²) in [5.74, 6) is 1.82. The molecule has 3 aromatic rings. The van der Waals surface area contributed by atoms with Gasteiger partial charge in [0.1, 0.15) is 23.9 Å². The molecule has 1 aromatic heterocycles. The topological polar surface area (TPSA) is 88.9 Å². The molecule has 1 aliphatic rings. The minimum absolute atomic E-state index is 0.176. The third-order valence-corrected chi connectivity index (χ3v) is 5.53. The Balaban J connectivity index is 1.41. The molecule has 9 heteroatoms. The highest BCUT2D eigenvalue weighted by Gasteiger charge is 2.21. The molecule has 4 rings (SSSR count). The second kappa shape index (κ2) is 10.1. The van der Waals surface area contributed by atoms with Crippen molar-refractivity contribution >= 4 is 23.1 Å². The van der Waals surface area contributed by atoms with Crippen molar-refractivity contribution in [2.24, 2.45) is 0 Å². The summed E-state index contributed by atoms with van der Waals surface area (Å²) in [5.41, 5.74) is 1.33. The minimum atomic E-state index is -0.337. The SMILES string of the molecule is COc1cccc(NC(=O)Cn2nc(N3CCN(c4ccccc4OC)CC3)ccc2=O)c1. The van der Waals surface area contributed by atoms with E-state index in [1.807, 2.05) is 24.3 Å². The van der Waals surface area contributed by atoms with E-state index in [0.717, 1.165) is 37.6 Å². The van der Waals surface area contributed by atoms with Crippen LogP contribution in [-0.4, -0.2) is 56.1 Å². The summed E-state index contributed by atoms with van der Waals surface area (Å²) >= 11 is 0. The van der Waals surface area contributed by atoms with Crippen LogP contribution >= 0.6 is 0 Å². The number of aromatic nitrogens is 2. The van der Waals surface area contributed by atoms with Crippen LogP contribution in [0.2, 0.25) is 0 Å². The van der Waals surface area contributed by atoms with E-state index in [2.05, 4.69) is 20.2 Å². The highest BCUT2D eigenvalue weighted by molar-refractivity contribution is 5.90. The van der Waals surface area contributed by atoms with E-state index in [1.54, 1.807) is 44.6 Å². The van der Waals surface area contributed by atoms with Gasteiger partial charge in [0.15, 0.2) is 0 Å². The van der Waals surface area contributed by atoms with Crippen molar-refractivity contribution < 1.29 is 14.3 Å². The molecule has 1 amide bonds. The third-order valence-electron chi connectivity index (χ3n) is 5.53. The number of nitrogens with one attached hydrogen (secondary N) is 1. The average Bonchev–Trinajstić information content (AvgIpc) is 2.85. The molecule has 1 saturated heterocycles. The van der Waals surface area contributed by atoms with Crippen molar-refractivity contribution in [3.63, 3.8) is 0 Å². The smallest absolute Gasteiger partial charge is 0.267 e. The molecule has 9 nitrogen and oxygen atoms in total. The van der Waals surface area contributed by atoms with Crippen LogP contribution in [0.1, 0.15) is 0 Å². The molecule has 2 aromatic carbocycles. The van der Waals surface area contributed by atoms with E-state index in [9.17, 15) is 9.59 Å². The molecule has 0 atom stereocenters. The maximum atomic E-state index is 12.5. The molecule has 172 valence electrons. The Morgan fingerprint density at radius 1 is 0.939 bits per heavy atom. The third kappa shape index (κ3) is 5.25. The number of hydrogen-bond donors (Lipinski definition) is 1. The highest BCUT2D eigenvalue weighted by Crippen LogP contribution is 2.28. The van der Waals surface area contributed by atoms with Crippen LogP contribution in [0.4, 0.5) is 17.2 Å². The normalized spacial score (nSPS) is 13.5. The summed E-state index contributed by atoms with van der Waals surface area (Å²) in [5, 5.41) is 7.22. The molecule has 0 bridgehead atoms. The number of amides is 1. The lowest BCUT2D eigenvalue weighted by atomic mass is 10.2. The molecular weight excluding hydrogens is 422 g/mol. The first-order valence-electron chi connectivity index (χ1n) is 10.7. The number of carbonyl (C=O) groups excluding carboxylic acids is 1. The Morgan fingerprint density at radius 3 is 2.45 bits per heavy atom. The molecule has 0 radical (unpaired) electrons. The summed E-state index contributed by atoms with van der Waals surface area (Å²) in [6.07, 6.45) is 0. The first-order valence-corrected chi connectivity index (χ1v) is 10.7. The van der Waals surface area contributed by atoms with Crippen molar-refractivity contribution in [1.82, 2.24) is 9.78 Å². The van der Waals surface area contributed by atoms with Gasteiger partial charge in [-0.15, -0.1) is 0 Å². The predicted octanol–water partition coefficient (Wildman–Crippen LogP) is 2.23. The lowest BCUT2D eigenvalue weighted by Crippen LogP contribution is -2.47. The quantitative estimate of drug-likeness (QED) is 0.592. The molecule has 1 N–H and O–H groups in total. The number of rotatable bonds is 7. The Morgan fingerprint density at radius 2 is 1.70 bits per heavy atom. The molecular formula is C24H27N5O4. The van der Waals surface area contributed by atoms with Gasteiger partial charge in [-0.2, -0.15) is 5.10 Å². The number of ether oxygens (including phenoxy) is 2. The van der Waals surface area contributed by atoms with Crippen LogP contribution < -0.4 is 30.1 Å². The van der Waals surface area contributed by atoms with Gasteiger partial charge in [-0.3, -0.25) is 9.59 Å². The molecule has 1 fully saturated rings. The van der Waals surface area contributed by atoms with Crippen LogP contribution in [0.3, 0.4) is 0 Å². The monoisotopic (exact) mass is 449 g/mol. The first-order chi connectivity index (χ1) is 16.1. The maximum Gasteiger partial charge on any atom is 0.267 e. The second-order valence-electron chi connectivity index (χ2n) is 7.61. The number of carbonyl (C=O) groups is 1. The zero-order chi connectivity index (χ0) is 23.2. The lowest BCUT2D eigenvalue weighted by molar-refractivity contribution is -0.117. The van der Waals surface area contributed by atoms with E-state index >= 15 is 0 Å². The van der Waals surface area contributed by atoms with E-state index in [-0.39, 0.29) is 18.0 Å². The summed E-state index contributed by atoms with van der Waals surface area (Å²) in [4.78, 5) is 29.2. The van der Waals surface area contributed by atoms with E-state index in [0.29, 0.717) is 17.3 Å². The summed E-state index contributed by atoms with van der Waals surface area (Å²) < 4.78 is 11.8. The first kappa shape index (κ1) is 22.2. The molecule has 1 aliphatic heterocycles. The zero-order valence-electron chi connectivity index (χ0n) is 18.7. The Kier molecular flexibility index (Phi) is 6.77. The van der Waals surface area contributed by atoms with E-state index in [1.165, 1.54) is 10.7 Å². The van der Waals surface area contributed by atoms with Crippen molar-refractivity contribution in [3.05, 3.63) is 71.0 Å². The van der Waals surface area contributed by atoms with Crippen molar-refractivity contribution in [2.75, 3.05) is 55.5 Å². The van der Waals surface area contributed by atoms with Crippen LogP contribution in [-0.2, 0) is 11.3 Å². The van der Waals surface area contributed by atoms with Gasteiger partial charge in [0.25, 0.3) is 5.56 Å². The average molecular weight is 450 g/mol. The van der Waals surface area contributed by atoms with Gasteiger partial charge in [-0.25, -0.2) is 4.68 Å². The molecule has 33 heavy (non-hydrogen) atoms. The van der Waals surface area contributed by atoms with Gasteiger partial charge < -0.3 is 24.6 Å². The lowest BCUT2D eigenvalue weighted by Gasteiger charge is -2.37. The molecule has 0 aliphatic carbocycles. The van der Waals surface area contributed by atoms with Gasteiger partial charge in [-0.05, 0) is 30.3 Å². The molecule has 0 saturated carbocycles. The van der Waals surface area contributed by atoms with Crippen LogP contribution in [0, 0.1) is 0 Å². The number of para-hydroxylation sites is 2. The highest BCUT2D eigenvalue weighted by atomic mass is 16.5. The van der Waals surface area contributed by atoms with E-state index in [4.69, 9.17) is 9.47 Å². The number of hydrogen-bond acceptors (Lipinski definition) is 7. The number of nitrogens with zero attached hydrogens (tertiary/aromatic N) is 4. The van der Waals surface area contributed by atoms with Crippen LogP contribution in [0.25, 0.3) is 0 Å². The fraction of sp³-hybridized carbons (Fsp3) is 0.292. The number of anilines is 3. The van der Waals surface area contributed by atoms with Gasteiger partial charge in [-0.1, -0.05) is 18.2 Å². The van der Waals surface area contributed by atoms with Gasteiger partial charge in [0.2, 0.25) is 5.91 Å². The van der Waals surface area contributed by atoms with Crippen LogP contribution in [0.5, 0.6) is 11.5 Å². The Labute approximate surface area is 192 Å². The second-order valence-corrected chi connectivity index (χ2v) is 7.61. The van der Waals surface area contributed by atoms with Gasteiger partial charge in [0.05, 0.1) is 19.9 Å². The van der Waals surface area contributed by atoms with E-state index < -0.39 is 0 Å². The number of piperazine rings is 1. The fourth-order valence-electron chi connectivity index (χ4n) is 3.82. The van der Waals surface area contributed by atoms with Crippen LogP contribution in [0.15, 0.2) is 65.5 Å².